The molecular weight excluding hydrogens is 350 g/mol. The first-order valence-electron chi connectivity index (χ1n) is 10.3. The van der Waals surface area contributed by atoms with Crippen LogP contribution in [0.1, 0.15) is 64.8 Å². The zero-order valence-electron chi connectivity index (χ0n) is 15.9. The molecule has 0 spiro atoms. The third-order valence-electron chi connectivity index (χ3n) is 7.20. The Hall–Kier alpha value is -2.62. The lowest BCUT2D eigenvalue weighted by molar-refractivity contribution is -0.00518. The number of hydrogen-bond donors (Lipinski definition) is 2. The number of carbonyl (C=O) groups excluding carboxylic acids is 1. The highest BCUT2D eigenvalue weighted by molar-refractivity contribution is 6.10. The number of carboxylic acid groups (broad SMARTS) is 1. The van der Waals surface area contributed by atoms with Crippen LogP contribution in [0.25, 0.3) is 0 Å². The summed E-state index contributed by atoms with van der Waals surface area (Å²) in [6, 6.07) is 14.6. The highest BCUT2D eigenvalue weighted by atomic mass is 16.4. The lowest BCUT2D eigenvalue weighted by Crippen LogP contribution is -2.48. The van der Waals surface area contributed by atoms with E-state index in [1.807, 2.05) is 12.1 Å². The van der Waals surface area contributed by atoms with Gasteiger partial charge in [0.15, 0.2) is 0 Å². The SMILES string of the molecule is O=C(O)c1ccccc1C(=O)Nc1ccc(C23CC4CC(CC(C4)C2)C3)cc1. The smallest absolute Gasteiger partial charge is 0.336 e. The summed E-state index contributed by atoms with van der Waals surface area (Å²) in [5, 5.41) is 12.1. The molecule has 144 valence electrons. The number of carbonyl (C=O) groups is 2. The third kappa shape index (κ3) is 2.92. The molecule has 0 saturated heterocycles. The minimum atomic E-state index is -1.09. The number of carboxylic acids is 1. The third-order valence-corrected chi connectivity index (χ3v) is 7.20. The molecule has 4 saturated carbocycles. The lowest BCUT2D eigenvalue weighted by atomic mass is 9.48. The second-order valence-electron chi connectivity index (χ2n) is 9.08. The fourth-order valence-corrected chi connectivity index (χ4v) is 6.44. The monoisotopic (exact) mass is 375 g/mol. The molecule has 0 aliphatic heterocycles. The van der Waals surface area contributed by atoms with Crippen LogP contribution in [0.4, 0.5) is 5.69 Å². The summed E-state index contributed by atoms with van der Waals surface area (Å²) >= 11 is 0. The average Bonchev–Trinajstić information content (AvgIpc) is 2.67. The summed E-state index contributed by atoms with van der Waals surface area (Å²) in [5.74, 6) is 1.22. The maximum atomic E-state index is 12.6. The molecule has 0 aromatic heterocycles. The Morgan fingerprint density at radius 1 is 0.821 bits per heavy atom. The number of rotatable bonds is 4. The first-order valence-corrected chi connectivity index (χ1v) is 10.3. The molecule has 4 heteroatoms. The number of aromatic carboxylic acids is 1. The molecule has 0 heterocycles. The van der Waals surface area contributed by atoms with Crippen LogP contribution in [0, 0.1) is 17.8 Å². The number of nitrogens with one attached hydrogen (secondary N) is 1. The van der Waals surface area contributed by atoms with Crippen LogP contribution < -0.4 is 5.32 Å². The van der Waals surface area contributed by atoms with E-state index >= 15 is 0 Å². The van der Waals surface area contributed by atoms with Crippen LogP contribution in [-0.2, 0) is 5.41 Å². The second kappa shape index (κ2) is 6.47. The predicted molar refractivity (Wildman–Crippen MR) is 108 cm³/mol. The van der Waals surface area contributed by atoms with Crippen LogP contribution in [0.15, 0.2) is 48.5 Å². The van der Waals surface area contributed by atoms with Crippen molar-refractivity contribution in [3.05, 3.63) is 65.2 Å². The zero-order chi connectivity index (χ0) is 19.3. The molecule has 28 heavy (non-hydrogen) atoms. The molecule has 0 unspecified atom stereocenters. The van der Waals surface area contributed by atoms with Crippen molar-refractivity contribution in [3.8, 4) is 0 Å². The Bertz CT molecular complexity index is 896. The van der Waals surface area contributed by atoms with Gasteiger partial charge in [0.1, 0.15) is 0 Å². The fourth-order valence-electron chi connectivity index (χ4n) is 6.44. The maximum Gasteiger partial charge on any atom is 0.336 e. The van der Waals surface area contributed by atoms with E-state index in [0.29, 0.717) is 11.1 Å². The van der Waals surface area contributed by atoms with E-state index in [-0.39, 0.29) is 17.0 Å². The van der Waals surface area contributed by atoms with Gasteiger partial charge in [-0.15, -0.1) is 0 Å². The van der Waals surface area contributed by atoms with E-state index in [1.165, 1.54) is 50.2 Å². The largest absolute Gasteiger partial charge is 0.478 e. The summed E-state index contributed by atoms with van der Waals surface area (Å²) in [6.07, 6.45) is 8.23. The normalized spacial score (nSPS) is 30.2. The molecule has 4 nitrogen and oxygen atoms in total. The Kier molecular flexibility index (Phi) is 4.04. The Balaban J connectivity index is 1.35. The highest BCUT2D eigenvalue weighted by Crippen LogP contribution is 2.60. The van der Waals surface area contributed by atoms with Gasteiger partial charge in [0, 0.05) is 5.69 Å². The Morgan fingerprint density at radius 2 is 1.36 bits per heavy atom. The molecule has 4 fully saturated rings. The van der Waals surface area contributed by atoms with Crippen LogP contribution in [0.5, 0.6) is 0 Å². The summed E-state index contributed by atoms with van der Waals surface area (Å²) in [4.78, 5) is 23.9. The van der Waals surface area contributed by atoms with Crippen LogP contribution in [-0.4, -0.2) is 17.0 Å². The topological polar surface area (TPSA) is 66.4 Å². The van der Waals surface area contributed by atoms with Crippen LogP contribution >= 0.6 is 0 Å². The molecular formula is C24H25NO3. The van der Waals surface area contributed by atoms with Gasteiger partial charge in [-0.05, 0) is 91.5 Å². The van der Waals surface area contributed by atoms with Crippen molar-refractivity contribution in [2.75, 3.05) is 5.32 Å². The van der Waals surface area contributed by atoms with E-state index in [1.54, 1.807) is 18.2 Å². The zero-order valence-corrected chi connectivity index (χ0v) is 15.9. The van der Waals surface area contributed by atoms with Crippen LogP contribution in [0.2, 0.25) is 0 Å². The van der Waals surface area contributed by atoms with E-state index in [4.69, 9.17) is 0 Å². The molecule has 0 radical (unpaired) electrons. The van der Waals surface area contributed by atoms with Crippen molar-refractivity contribution in [3.63, 3.8) is 0 Å². The van der Waals surface area contributed by atoms with Crippen molar-refractivity contribution in [2.45, 2.75) is 43.9 Å². The van der Waals surface area contributed by atoms with Gasteiger partial charge in [0.2, 0.25) is 0 Å². The molecule has 0 atom stereocenters. The summed E-state index contributed by atoms with van der Waals surface area (Å²) in [6.45, 7) is 0. The van der Waals surface area contributed by atoms with Crippen molar-refractivity contribution in [2.24, 2.45) is 17.8 Å². The molecule has 2 aromatic carbocycles. The van der Waals surface area contributed by atoms with Crippen molar-refractivity contribution in [1.82, 2.24) is 0 Å². The molecule has 4 aliphatic carbocycles. The molecule has 4 aliphatic rings. The highest BCUT2D eigenvalue weighted by Gasteiger charge is 2.51. The average molecular weight is 375 g/mol. The molecule has 2 N–H and O–H groups in total. The Morgan fingerprint density at radius 3 is 1.89 bits per heavy atom. The van der Waals surface area contributed by atoms with Gasteiger partial charge in [-0.25, -0.2) is 4.79 Å². The van der Waals surface area contributed by atoms with Gasteiger partial charge in [-0.2, -0.15) is 0 Å². The minimum Gasteiger partial charge on any atom is -0.478 e. The van der Waals surface area contributed by atoms with Crippen molar-refractivity contribution < 1.29 is 14.7 Å². The van der Waals surface area contributed by atoms with Gasteiger partial charge in [-0.1, -0.05) is 24.3 Å². The van der Waals surface area contributed by atoms with E-state index < -0.39 is 5.97 Å². The first kappa shape index (κ1) is 17.5. The molecule has 6 rings (SSSR count). The number of benzene rings is 2. The predicted octanol–water partition coefficient (Wildman–Crippen LogP) is 5.10. The molecule has 2 aromatic rings. The first-order chi connectivity index (χ1) is 13.5. The fraction of sp³-hybridized carbons (Fsp3) is 0.417. The van der Waals surface area contributed by atoms with E-state index in [0.717, 1.165) is 17.8 Å². The molecule has 4 bridgehead atoms. The molecule has 1 amide bonds. The minimum absolute atomic E-state index is 0.0187. The van der Waals surface area contributed by atoms with Gasteiger partial charge in [-0.3, -0.25) is 4.79 Å². The standard InChI is InChI=1S/C24H25NO3/c26-22(20-3-1-2-4-21(20)23(27)28)25-19-7-5-18(6-8-19)24-12-15-9-16(13-24)11-17(10-15)14-24/h1-8,15-17H,9-14H2,(H,25,26)(H,27,28). The maximum absolute atomic E-state index is 12.6. The Labute approximate surface area is 165 Å². The number of hydrogen-bond acceptors (Lipinski definition) is 2. The number of amides is 1. The summed E-state index contributed by atoms with van der Waals surface area (Å²) < 4.78 is 0. The van der Waals surface area contributed by atoms with E-state index in [2.05, 4.69) is 17.4 Å². The second-order valence-corrected chi connectivity index (χ2v) is 9.08. The van der Waals surface area contributed by atoms with Gasteiger partial charge >= 0.3 is 5.97 Å². The lowest BCUT2D eigenvalue weighted by Gasteiger charge is -2.57. The van der Waals surface area contributed by atoms with E-state index in [9.17, 15) is 14.7 Å². The van der Waals surface area contributed by atoms with Crippen molar-refractivity contribution >= 4 is 17.6 Å². The van der Waals surface area contributed by atoms with Gasteiger partial charge in [0.25, 0.3) is 5.91 Å². The van der Waals surface area contributed by atoms with Crippen LogP contribution in [0.3, 0.4) is 0 Å². The number of anilines is 1. The summed E-state index contributed by atoms with van der Waals surface area (Å²) in [7, 11) is 0. The van der Waals surface area contributed by atoms with Gasteiger partial charge < -0.3 is 10.4 Å². The quantitative estimate of drug-likeness (QED) is 0.781. The summed E-state index contributed by atoms with van der Waals surface area (Å²) in [5.41, 5.74) is 2.66. The van der Waals surface area contributed by atoms with Gasteiger partial charge in [0.05, 0.1) is 11.1 Å². The van der Waals surface area contributed by atoms with Crippen molar-refractivity contribution in [1.29, 1.82) is 0 Å².